The first-order valence-corrected chi connectivity index (χ1v) is 12.3. The molecule has 2 heterocycles. The third-order valence-electron chi connectivity index (χ3n) is 3.28. The summed E-state index contributed by atoms with van der Waals surface area (Å²) in [6.45, 7) is -1.19. The molecule has 0 spiro atoms. The maximum atomic E-state index is 11.8. The van der Waals surface area contributed by atoms with E-state index in [1.807, 2.05) is 4.98 Å². The van der Waals surface area contributed by atoms with Crippen LogP contribution in [0.2, 0.25) is 0 Å². The van der Waals surface area contributed by atoms with E-state index in [1.54, 1.807) is 0 Å². The average Bonchev–Trinajstić information content (AvgIpc) is 2.73. The summed E-state index contributed by atoms with van der Waals surface area (Å²) in [6, 6.07) is 0.890. The van der Waals surface area contributed by atoms with Crippen LogP contribution in [0.25, 0.3) is 0 Å². The van der Waals surface area contributed by atoms with E-state index in [1.165, 1.54) is 0 Å². The molecule has 2 unspecified atom stereocenters. The number of aromatic amines is 1. The van der Waals surface area contributed by atoms with Gasteiger partial charge in [-0.25, -0.2) is 9.11 Å². The quantitative estimate of drug-likeness (QED) is 0.170. The zero-order chi connectivity index (χ0) is 23.1. The molecular formula is C9H9Cl2Li4N2O14P3. The second-order valence-electron chi connectivity index (χ2n) is 5.46. The van der Waals surface area contributed by atoms with Crippen LogP contribution in [0.5, 0.6) is 0 Å². The molecule has 0 aromatic carbocycles. The van der Waals surface area contributed by atoms with Crippen LogP contribution in [0.15, 0.2) is 21.9 Å². The zero-order valence-electron chi connectivity index (χ0n) is 17.9. The van der Waals surface area contributed by atoms with Crippen LogP contribution in [-0.2, 0) is 31.6 Å². The van der Waals surface area contributed by atoms with Gasteiger partial charge in [0.05, 0.1) is 14.4 Å². The van der Waals surface area contributed by atoms with Gasteiger partial charge in [-0.3, -0.25) is 27.8 Å². The number of hydrogen-bond donors (Lipinski definition) is 2. The van der Waals surface area contributed by atoms with Gasteiger partial charge in [0.1, 0.15) is 12.2 Å². The summed E-state index contributed by atoms with van der Waals surface area (Å²) in [4.78, 5) is 68.0. The van der Waals surface area contributed by atoms with Gasteiger partial charge >= 0.3 is 81.1 Å². The maximum absolute atomic E-state index is 11.8. The molecule has 25 heteroatoms. The van der Waals surface area contributed by atoms with Gasteiger partial charge in [0.2, 0.25) is 0 Å². The number of hydrogen-bond acceptors (Lipinski definition) is 14. The van der Waals surface area contributed by atoms with E-state index < -0.39 is 64.1 Å². The van der Waals surface area contributed by atoms with Crippen molar-refractivity contribution in [3.05, 3.63) is 33.1 Å². The van der Waals surface area contributed by atoms with Crippen LogP contribution in [0.3, 0.4) is 0 Å². The summed E-state index contributed by atoms with van der Waals surface area (Å²) < 4.78 is 46.9. The minimum Gasteiger partial charge on any atom is -0.790 e. The van der Waals surface area contributed by atoms with E-state index in [9.17, 15) is 48.0 Å². The number of nitrogens with one attached hydrogen (secondary N) is 1. The molecule has 1 aromatic rings. The Morgan fingerprint density at radius 1 is 1.06 bits per heavy atom. The molecule has 0 aliphatic carbocycles. The Morgan fingerprint density at radius 3 is 2.06 bits per heavy atom. The van der Waals surface area contributed by atoms with Crippen LogP contribution in [0, 0.1) is 0 Å². The summed E-state index contributed by atoms with van der Waals surface area (Å²) in [5, 5.41) is 10.1. The minimum absolute atomic E-state index is 0. The Kier molecular flexibility index (Phi) is 17.8. The molecule has 1 saturated heterocycles. The van der Waals surface area contributed by atoms with Gasteiger partial charge in [0.25, 0.3) is 21.2 Å². The van der Waals surface area contributed by atoms with E-state index >= 15 is 0 Å². The predicted molar refractivity (Wildman–Crippen MR) is 86.6 cm³/mol. The van der Waals surface area contributed by atoms with E-state index in [0.29, 0.717) is 4.57 Å². The molecule has 0 bridgehead atoms. The third kappa shape index (κ3) is 11.4. The van der Waals surface area contributed by atoms with Gasteiger partial charge in [-0.1, -0.05) is 23.2 Å². The summed E-state index contributed by atoms with van der Waals surface area (Å²) in [5.74, 6) is 0. The number of halogens is 2. The zero-order valence-corrected chi connectivity index (χ0v) is 22.1. The van der Waals surface area contributed by atoms with Crippen molar-refractivity contribution in [2.45, 2.75) is 22.8 Å². The van der Waals surface area contributed by atoms with Gasteiger partial charge in [-0.05, 0) is 0 Å². The van der Waals surface area contributed by atoms with Gasteiger partial charge < -0.3 is 38.5 Å². The van der Waals surface area contributed by atoms with Crippen molar-refractivity contribution in [2.75, 3.05) is 6.61 Å². The molecule has 0 radical (unpaired) electrons. The first kappa shape index (κ1) is 40.5. The number of aliphatic hydroxyl groups excluding tert-OH is 1. The summed E-state index contributed by atoms with van der Waals surface area (Å²) in [7, 11) is -18.2. The molecule has 2 N–H and O–H groups in total. The maximum Gasteiger partial charge on any atom is 1.00 e. The van der Waals surface area contributed by atoms with Crippen molar-refractivity contribution < 1.29 is 132 Å². The first-order valence-electron chi connectivity index (χ1n) is 7.18. The molecule has 5 atom stereocenters. The van der Waals surface area contributed by atoms with Crippen molar-refractivity contribution in [1.82, 2.24) is 9.55 Å². The Hall–Kier alpha value is 1.98. The molecule has 2 rings (SSSR count). The molecule has 34 heavy (non-hydrogen) atoms. The number of aliphatic hydroxyl groups is 1. The van der Waals surface area contributed by atoms with Gasteiger partial charge in [0, 0.05) is 12.3 Å². The molecule has 1 aromatic heterocycles. The monoisotopic (exact) mass is 560 g/mol. The second kappa shape index (κ2) is 14.9. The molecular weight excluding hydrogens is 552 g/mol. The SMILES string of the molecule is O=c1ccn([C@@H]2O[C@H](COP(=O)([O-])OP(=O)([O-])OP(=O)([O-])[O-])[C@@H](O)C2(Cl)Cl)c(=O)[nH]1.[Li+].[Li+].[Li+].[Li+]. The fraction of sp³-hybridized carbons (Fsp3) is 0.556. The summed E-state index contributed by atoms with van der Waals surface area (Å²) in [5.41, 5.74) is -1.83. The second-order valence-corrected chi connectivity index (χ2v) is 11.2. The number of nitrogens with zero attached hydrogens (tertiary/aromatic N) is 1. The van der Waals surface area contributed by atoms with Crippen molar-refractivity contribution in [2.24, 2.45) is 0 Å². The van der Waals surface area contributed by atoms with Crippen LogP contribution < -0.4 is 106 Å². The fourth-order valence-corrected chi connectivity index (χ4v) is 5.63. The number of aromatic nitrogens is 2. The van der Waals surface area contributed by atoms with E-state index in [-0.39, 0.29) is 75.4 Å². The first-order chi connectivity index (χ1) is 13.4. The van der Waals surface area contributed by atoms with Gasteiger partial charge in [-0.2, -0.15) is 0 Å². The van der Waals surface area contributed by atoms with Crippen molar-refractivity contribution >= 4 is 46.7 Å². The Balaban J connectivity index is -0.00000240. The topological polar surface area (TPSA) is 255 Å². The molecule has 16 nitrogen and oxygen atoms in total. The van der Waals surface area contributed by atoms with Gasteiger partial charge in [0.15, 0.2) is 10.6 Å². The molecule has 0 amide bonds. The van der Waals surface area contributed by atoms with Crippen LogP contribution in [-0.4, -0.2) is 37.8 Å². The Bertz CT molecular complexity index is 1070. The number of phosphoric ester groups is 1. The third-order valence-corrected chi connectivity index (χ3v) is 7.77. The van der Waals surface area contributed by atoms with Crippen molar-refractivity contribution in [1.29, 1.82) is 0 Å². The molecule has 1 aliphatic rings. The standard InChI is InChI=1S/C9H13Cl2N2O14P3.4Li/c10-9(11)6(15)4(25-7(9)13-2-1-5(14)12-8(13)16)3-24-29(20,21)27-30(22,23)26-28(17,18)19;;;;/h1-2,4,6-7,15H,3H2,(H,20,21)(H,22,23)(H,12,14,16)(H2,17,18,19);;;;/q;4*+1/p-4/t4-,6-,7-;;;;/m1..../s1. The average molecular weight is 561 g/mol. The molecule has 1 fully saturated rings. The normalized spacial score (nSPS) is 24.7. The number of ether oxygens (including phenoxy) is 1. The molecule has 1 aliphatic heterocycles. The summed E-state index contributed by atoms with van der Waals surface area (Å²) in [6.07, 6.45) is -4.38. The van der Waals surface area contributed by atoms with Gasteiger partial charge in [-0.15, -0.1) is 0 Å². The molecule has 0 saturated carbocycles. The summed E-state index contributed by atoms with van der Waals surface area (Å²) >= 11 is 11.9. The Morgan fingerprint density at radius 2 is 1.59 bits per heavy atom. The van der Waals surface area contributed by atoms with Crippen molar-refractivity contribution in [3.63, 3.8) is 0 Å². The Labute approximate surface area is 248 Å². The number of alkyl halides is 2. The largest absolute Gasteiger partial charge is 1.00 e. The minimum atomic E-state index is -6.18. The van der Waals surface area contributed by atoms with Crippen molar-refractivity contribution in [3.8, 4) is 0 Å². The molecule has 172 valence electrons. The predicted octanol–water partition coefficient (Wildman–Crippen LogP) is -15.2. The number of H-pyrrole nitrogens is 1. The van der Waals surface area contributed by atoms with Crippen LogP contribution in [0.1, 0.15) is 6.23 Å². The number of phosphoric acid groups is 3. The number of rotatable bonds is 8. The smallest absolute Gasteiger partial charge is 0.790 e. The van der Waals surface area contributed by atoms with E-state index in [2.05, 4.69) is 13.1 Å². The van der Waals surface area contributed by atoms with Crippen LogP contribution >= 0.6 is 46.7 Å². The van der Waals surface area contributed by atoms with E-state index in [4.69, 9.17) is 27.9 Å². The fourth-order valence-electron chi connectivity index (χ4n) is 2.17. The van der Waals surface area contributed by atoms with E-state index in [0.717, 1.165) is 12.3 Å². The van der Waals surface area contributed by atoms with Crippen LogP contribution in [0.4, 0.5) is 0 Å².